The molecule has 0 spiro atoms. The van der Waals surface area contributed by atoms with Crippen LogP contribution in [0.2, 0.25) is 0 Å². The summed E-state index contributed by atoms with van der Waals surface area (Å²) >= 11 is 0. The topological polar surface area (TPSA) is 50.8 Å². The Labute approximate surface area is 188 Å². The standard InChI is InChI=1S/C25H32F2N2O3/c1-3-13-31-23-8-6-19(16-24(23)32-14-4-2)25(30)28-20-9-11-29(12-10-20)17-18-5-7-21(26)22(27)15-18/h5-8,15-16,20H,3-4,9-14,17H2,1-2H3,(H,28,30). The van der Waals surface area contributed by atoms with E-state index in [1.165, 1.54) is 6.07 Å². The molecule has 32 heavy (non-hydrogen) atoms. The second-order valence-electron chi connectivity index (χ2n) is 8.13. The molecule has 1 N–H and O–H groups in total. The Morgan fingerprint density at radius 1 is 0.969 bits per heavy atom. The van der Waals surface area contributed by atoms with E-state index in [4.69, 9.17) is 9.47 Å². The summed E-state index contributed by atoms with van der Waals surface area (Å²) in [5.74, 6) is -0.537. The fourth-order valence-electron chi connectivity index (χ4n) is 3.71. The lowest BCUT2D eigenvalue weighted by atomic mass is 10.0. The highest BCUT2D eigenvalue weighted by Gasteiger charge is 2.22. The van der Waals surface area contributed by atoms with Gasteiger partial charge in [0, 0.05) is 31.2 Å². The van der Waals surface area contributed by atoms with E-state index >= 15 is 0 Å². The zero-order chi connectivity index (χ0) is 22.9. The molecule has 7 heteroatoms. The zero-order valence-corrected chi connectivity index (χ0v) is 18.8. The summed E-state index contributed by atoms with van der Waals surface area (Å²) < 4.78 is 38.1. The molecule has 0 bridgehead atoms. The summed E-state index contributed by atoms with van der Waals surface area (Å²) in [4.78, 5) is 15.0. The van der Waals surface area contributed by atoms with Crippen LogP contribution in [0, 0.1) is 11.6 Å². The van der Waals surface area contributed by atoms with Crippen LogP contribution in [0.3, 0.4) is 0 Å². The van der Waals surface area contributed by atoms with Gasteiger partial charge in [-0.2, -0.15) is 0 Å². The largest absolute Gasteiger partial charge is 0.490 e. The van der Waals surface area contributed by atoms with Gasteiger partial charge in [0.15, 0.2) is 23.1 Å². The van der Waals surface area contributed by atoms with Crippen molar-refractivity contribution in [2.75, 3.05) is 26.3 Å². The third-order valence-corrected chi connectivity index (χ3v) is 5.44. The van der Waals surface area contributed by atoms with E-state index in [-0.39, 0.29) is 11.9 Å². The minimum absolute atomic E-state index is 0.0692. The van der Waals surface area contributed by atoms with Crippen LogP contribution in [0.25, 0.3) is 0 Å². The monoisotopic (exact) mass is 446 g/mol. The number of amides is 1. The molecule has 0 aliphatic carbocycles. The van der Waals surface area contributed by atoms with Gasteiger partial charge in [-0.15, -0.1) is 0 Å². The number of nitrogens with one attached hydrogen (secondary N) is 1. The number of benzene rings is 2. The van der Waals surface area contributed by atoms with E-state index in [1.54, 1.807) is 24.3 Å². The smallest absolute Gasteiger partial charge is 0.251 e. The van der Waals surface area contributed by atoms with Crippen LogP contribution in [-0.2, 0) is 6.54 Å². The third-order valence-electron chi connectivity index (χ3n) is 5.44. The first-order valence-electron chi connectivity index (χ1n) is 11.4. The average Bonchev–Trinajstić information content (AvgIpc) is 2.80. The highest BCUT2D eigenvalue weighted by atomic mass is 19.2. The van der Waals surface area contributed by atoms with Gasteiger partial charge in [0.25, 0.3) is 5.91 Å². The number of rotatable bonds is 10. The third kappa shape index (κ3) is 6.66. The van der Waals surface area contributed by atoms with Crippen molar-refractivity contribution in [2.45, 2.75) is 52.1 Å². The summed E-state index contributed by atoms with van der Waals surface area (Å²) in [6.07, 6.45) is 3.36. The SMILES string of the molecule is CCCOc1ccc(C(=O)NC2CCN(Cc3ccc(F)c(F)c3)CC2)cc1OCCC. The molecule has 0 saturated carbocycles. The maximum Gasteiger partial charge on any atom is 0.251 e. The molecule has 0 aromatic heterocycles. The van der Waals surface area contributed by atoms with Gasteiger partial charge in [-0.25, -0.2) is 8.78 Å². The Balaban J connectivity index is 1.54. The number of hydrogen-bond donors (Lipinski definition) is 1. The minimum atomic E-state index is -0.830. The highest BCUT2D eigenvalue weighted by molar-refractivity contribution is 5.95. The molecule has 2 aromatic rings. The molecule has 1 heterocycles. The van der Waals surface area contributed by atoms with Crippen LogP contribution < -0.4 is 14.8 Å². The molecule has 5 nitrogen and oxygen atoms in total. The van der Waals surface area contributed by atoms with Gasteiger partial charge in [0.2, 0.25) is 0 Å². The molecular weight excluding hydrogens is 414 g/mol. The fraction of sp³-hybridized carbons (Fsp3) is 0.480. The summed E-state index contributed by atoms with van der Waals surface area (Å²) in [6.45, 7) is 7.34. The molecule has 0 atom stereocenters. The number of carbonyl (C=O) groups is 1. The highest BCUT2D eigenvalue weighted by Crippen LogP contribution is 2.29. The molecule has 0 unspecified atom stereocenters. The molecule has 1 aliphatic heterocycles. The molecule has 2 aromatic carbocycles. The number of carbonyl (C=O) groups excluding carboxylic acids is 1. The molecule has 1 saturated heterocycles. The van der Waals surface area contributed by atoms with E-state index in [1.807, 2.05) is 13.8 Å². The van der Waals surface area contributed by atoms with Gasteiger partial charge in [-0.3, -0.25) is 9.69 Å². The van der Waals surface area contributed by atoms with Crippen molar-refractivity contribution in [1.82, 2.24) is 10.2 Å². The lowest BCUT2D eigenvalue weighted by Crippen LogP contribution is -2.44. The van der Waals surface area contributed by atoms with Gasteiger partial charge < -0.3 is 14.8 Å². The molecule has 1 amide bonds. The van der Waals surface area contributed by atoms with Crippen molar-refractivity contribution in [3.05, 3.63) is 59.2 Å². The lowest BCUT2D eigenvalue weighted by Gasteiger charge is -2.32. The van der Waals surface area contributed by atoms with E-state index < -0.39 is 11.6 Å². The summed E-state index contributed by atoms with van der Waals surface area (Å²) in [6, 6.07) is 9.38. The lowest BCUT2D eigenvalue weighted by molar-refractivity contribution is 0.0908. The van der Waals surface area contributed by atoms with Crippen LogP contribution in [0.4, 0.5) is 8.78 Å². The van der Waals surface area contributed by atoms with Crippen LogP contribution in [0.5, 0.6) is 11.5 Å². The first-order valence-corrected chi connectivity index (χ1v) is 11.4. The van der Waals surface area contributed by atoms with Gasteiger partial charge in [0.05, 0.1) is 13.2 Å². The number of halogens is 2. The first kappa shape index (κ1) is 24.0. The Morgan fingerprint density at radius 3 is 2.31 bits per heavy atom. The maximum absolute atomic E-state index is 13.4. The number of nitrogens with zero attached hydrogens (tertiary/aromatic N) is 1. The molecule has 1 fully saturated rings. The van der Waals surface area contributed by atoms with E-state index in [2.05, 4.69) is 10.2 Å². The molecule has 1 aliphatic rings. The molecule has 0 radical (unpaired) electrons. The fourth-order valence-corrected chi connectivity index (χ4v) is 3.71. The predicted octanol–water partition coefficient (Wildman–Crippen LogP) is 4.94. The Kier molecular flexibility index (Phi) is 8.85. The van der Waals surface area contributed by atoms with Crippen molar-refractivity contribution in [3.8, 4) is 11.5 Å². The Bertz CT molecular complexity index is 899. The summed E-state index contributed by atoms with van der Waals surface area (Å²) in [5.41, 5.74) is 1.29. The van der Waals surface area contributed by atoms with Gasteiger partial charge in [-0.05, 0) is 61.6 Å². The number of ether oxygens (including phenoxy) is 2. The summed E-state index contributed by atoms with van der Waals surface area (Å²) in [5, 5.41) is 3.11. The number of piperidine rings is 1. The van der Waals surface area contributed by atoms with Crippen LogP contribution in [0.15, 0.2) is 36.4 Å². The molecular formula is C25H32F2N2O3. The quantitative estimate of drug-likeness (QED) is 0.562. The van der Waals surface area contributed by atoms with E-state index in [9.17, 15) is 13.6 Å². The van der Waals surface area contributed by atoms with Crippen molar-refractivity contribution in [3.63, 3.8) is 0 Å². The minimum Gasteiger partial charge on any atom is -0.490 e. The Morgan fingerprint density at radius 2 is 1.66 bits per heavy atom. The van der Waals surface area contributed by atoms with Crippen molar-refractivity contribution in [1.29, 1.82) is 0 Å². The second-order valence-corrected chi connectivity index (χ2v) is 8.13. The Hall–Kier alpha value is -2.67. The zero-order valence-electron chi connectivity index (χ0n) is 18.8. The number of likely N-dealkylation sites (tertiary alicyclic amines) is 1. The normalized spacial score (nSPS) is 14.9. The van der Waals surface area contributed by atoms with Crippen LogP contribution in [-0.4, -0.2) is 43.2 Å². The molecule has 3 rings (SSSR count). The number of hydrogen-bond acceptors (Lipinski definition) is 4. The van der Waals surface area contributed by atoms with Crippen molar-refractivity contribution < 1.29 is 23.0 Å². The second kappa shape index (κ2) is 11.8. The van der Waals surface area contributed by atoms with Crippen LogP contribution >= 0.6 is 0 Å². The van der Waals surface area contributed by atoms with E-state index in [0.29, 0.717) is 36.8 Å². The maximum atomic E-state index is 13.4. The van der Waals surface area contributed by atoms with Gasteiger partial charge in [0.1, 0.15) is 0 Å². The predicted molar refractivity (Wildman–Crippen MR) is 120 cm³/mol. The summed E-state index contributed by atoms with van der Waals surface area (Å²) in [7, 11) is 0. The van der Waals surface area contributed by atoms with Crippen molar-refractivity contribution >= 4 is 5.91 Å². The van der Waals surface area contributed by atoms with Crippen molar-refractivity contribution in [2.24, 2.45) is 0 Å². The van der Waals surface area contributed by atoms with Gasteiger partial charge >= 0.3 is 0 Å². The average molecular weight is 447 g/mol. The van der Waals surface area contributed by atoms with Gasteiger partial charge in [-0.1, -0.05) is 19.9 Å². The first-order chi connectivity index (χ1) is 15.5. The van der Waals surface area contributed by atoms with E-state index in [0.717, 1.165) is 50.4 Å². The molecule has 174 valence electrons. The van der Waals surface area contributed by atoms with Crippen LogP contribution in [0.1, 0.15) is 55.5 Å².